The van der Waals surface area contributed by atoms with Crippen molar-refractivity contribution in [3.63, 3.8) is 0 Å². The average Bonchev–Trinajstić information content (AvgIpc) is 3.33. The van der Waals surface area contributed by atoms with E-state index in [9.17, 15) is 4.79 Å². The van der Waals surface area contributed by atoms with Gasteiger partial charge >= 0.3 is 0 Å². The highest BCUT2D eigenvalue weighted by Gasteiger charge is 2.23. The third-order valence-electron chi connectivity index (χ3n) is 11.9. The molecule has 0 radical (unpaired) electrons. The van der Waals surface area contributed by atoms with Gasteiger partial charge in [0.25, 0.3) is 0 Å². The quantitative estimate of drug-likeness (QED) is 0.153. The Morgan fingerprint density at radius 2 is 1.14 bits per heavy atom. The molecular formula is C53H91N15O. The first kappa shape index (κ1) is 58.0. The van der Waals surface area contributed by atoms with Gasteiger partial charge in [-0.15, -0.1) is 0 Å². The molecule has 3 saturated heterocycles. The summed E-state index contributed by atoms with van der Waals surface area (Å²) >= 11 is 0. The van der Waals surface area contributed by atoms with E-state index in [0.29, 0.717) is 35.0 Å². The van der Waals surface area contributed by atoms with Gasteiger partial charge in [-0.05, 0) is 65.5 Å². The number of carbonyl (C=O) groups is 1. The van der Waals surface area contributed by atoms with Crippen molar-refractivity contribution in [2.75, 3.05) is 114 Å². The second-order valence-electron chi connectivity index (χ2n) is 19.9. The number of hydrazone groups is 1. The molecule has 1 atom stereocenters. The Labute approximate surface area is 416 Å². The van der Waals surface area contributed by atoms with Crippen LogP contribution in [-0.4, -0.2) is 155 Å². The number of hydrogen-bond donors (Lipinski definition) is 4. The Morgan fingerprint density at radius 3 is 1.51 bits per heavy atom. The fraction of sp³-hybridized carbons (Fsp3) is 0.623. The zero-order chi connectivity index (χ0) is 51.0. The molecule has 7 heterocycles. The molecule has 3 fully saturated rings. The number of hydrogen-bond acceptors (Lipinski definition) is 15. The number of amidine groups is 1. The molecule has 16 heteroatoms. The zero-order valence-corrected chi connectivity index (χ0v) is 44.6. The predicted octanol–water partition coefficient (Wildman–Crippen LogP) is 6.57. The molecule has 3 aromatic heterocycles. The van der Waals surface area contributed by atoms with Crippen LogP contribution in [0.25, 0.3) is 5.70 Å². The van der Waals surface area contributed by atoms with Gasteiger partial charge in [0, 0.05) is 110 Å². The molecular weight excluding hydrogens is 863 g/mol. The molecule has 0 bridgehead atoms. The molecule has 384 valence electrons. The maximum Gasteiger partial charge on any atom is 0.245 e. The van der Waals surface area contributed by atoms with Gasteiger partial charge in [0.15, 0.2) is 0 Å². The van der Waals surface area contributed by atoms with E-state index in [0.717, 1.165) is 95.5 Å². The molecule has 3 aromatic rings. The van der Waals surface area contributed by atoms with E-state index in [4.69, 9.17) is 17.2 Å². The molecule has 1 amide bonds. The van der Waals surface area contributed by atoms with E-state index in [2.05, 4.69) is 160 Å². The molecule has 7 N–H and O–H groups in total. The van der Waals surface area contributed by atoms with Gasteiger partial charge in [-0.1, -0.05) is 95.7 Å². The molecule has 0 saturated carbocycles. The van der Waals surface area contributed by atoms with Gasteiger partial charge in [-0.2, -0.15) is 5.10 Å². The number of carbonyl (C=O) groups excluding carboxylic acids is 1. The van der Waals surface area contributed by atoms with E-state index >= 15 is 0 Å². The lowest BCUT2D eigenvalue weighted by Crippen LogP contribution is -2.50. The molecule has 0 spiro atoms. The Kier molecular flexibility index (Phi) is 25.5. The van der Waals surface area contributed by atoms with Crippen LogP contribution >= 0.6 is 0 Å². The average molecular weight is 954 g/mol. The highest BCUT2D eigenvalue weighted by Crippen LogP contribution is 2.20. The third kappa shape index (κ3) is 21.1. The van der Waals surface area contributed by atoms with Crippen LogP contribution in [0.15, 0.2) is 72.9 Å². The van der Waals surface area contributed by atoms with Gasteiger partial charge in [0.05, 0.1) is 30.0 Å². The summed E-state index contributed by atoms with van der Waals surface area (Å²) in [6.07, 6.45) is 10.6. The number of pyridine rings is 2. The van der Waals surface area contributed by atoms with Crippen LogP contribution in [0.1, 0.15) is 112 Å². The summed E-state index contributed by atoms with van der Waals surface area (Å²) in [6.45, 7) is 46.7. The number of rotatable bonds is 12. The van der Waals surface area contributed by atoms with Crippen LogP contribution in [0.5, 0.6) is 0 Å². The number of nitrogens with one attached hydrogen (secondary N) is 1. The molecule has 0 aliphatic carbocycles. The highest BCUT2D eigenvalue weighted by molar-refractivity contribution is 5.95. The van der Waals surface area contributed by atoms with Crippen molar-refractivity contribution < 1.29 is 4.79 Å². The normalized spacial score (nSPS) is 17.7. The molecule has 69 heavy (non-hydrogen) atoms. The van der Waals surface area contributed by atoms with Crippen LogP contribution in [-0.2, 0) is 4.79 Å². The molecule has 1 unspecified atom stereocenters. The van der Waals surface area contributed by atoms with Crippen LogP contribution in [0.4, 0.5) is 17.3 Å². The van der Waals surface area contributed by atoms with Crippen molar-refractivity contribution in [1.29, 1.82) is 0 Å². The van der Waals surface area contributed by atoms with Gasteiger partial charge in [0.2, 0.25) is 5.91 Å². The smallest absolute Gasteiger partial charge is 0.245 e. The summed E-state index contributed by atoms with van der Waals surface area (Å²) in [7, 11) is 0. The second kappa shape index (κ2) is 30.3. The standard InChI is InChI=1S/2C16H27N3.C13H23N5O.C6H8N4.C2H6/c1-13(2)12-18-7-9-19(10-8-18)15-5-6-16(14(3)4)17-11-15;1-13(2)12-18-7-9-19(10-8-18)16-6-5-15(11-17-16)14(3)4;1-10(2)9-17-5-7-18(8-6-17)12-4-3-11(13(14)19)15-16-12;1-4(7)5-2-10-6(8)3-9-5;1-2/h2*5-6,11,13-14H,7-10,12H2,1-4H3;3-4,10-11,15H,5-9H2,1-2H3,(H2,14,19);2-3H,1,7H2,(H2,8,10);1-2H3. The first-order valence-corrected chi connectivity index (χ1v) is 25.5. The van der Waals surface area contributed by atoms with E-state index in [1.165, 1.54) is 55.5 Å². The number of aromatic nitrogens is 4. The van der Waals surface area contributed by atoms with Crippen LogP contribution in [0.2, 0.25) is 0 Å². The van der Waals surface area contributed by atoms with E-state index in [-0.39, 0.29) is 0 Å². The summed E-state index contributed by atoms with van der Waals surface area (Å²) in [4.78, 5) is 42.5. The van der Waals surface area contributed by atoms with E-state index in [1.54, 1.807) is 6.08 Å². The van der Waals surface area contributed by atoms with Crippen molar-refractivity contribution in [2.45, 2.75) is 101 Å². The monoisotopic (exact) mass is 954 g/mol. The lowest BCUT2D eigenvalue weighted by Gasteiger charge is -2.37. The Bertz CT molecular complexity index is 1860. The minimum absolute atomic E-state index is 0.380. The van der Waals surface area contributed by atoms with Gasteiger partial charge in [0.1, 0.15) is 29.2 Å². The van der Waals surface area contributed by atoms with Crippen molar-refractivity contribution in [1.82, 2.24) is 45.0 Å². The highest BCUT2D eigenvalue weighted by atomic mass is 16.1. The Hall–Kier alpha value is -5.32. The zero-order valence-electron chi connectivity index (χ0n) is 44.6. The van der Waals surface area contributed by atoms with Crippen LogP contribution in [0.3, 0.4) is 0 Å². The van der Waals surface area contributed by atoms with Crippen molar-refractivity contribution >= 4 is 34.8 Å². The first-order chi connectivity index (χ1) is 32.9. The summed E-state index contributed by atoms with van der Waals surface area (Å²) in [6, 6.07) is 8.30. The molecule has 16 nitrogen and oxygen atoms in total. The van der Waals surface area contributed by atoms with Gasteiger partial charge in [-0.3, -0.25) is 29.9 Å². The van der Waals surface area contributed by atoms with Gasteiger partial charge < -0.3 is 31.9 Å². The number of primary amides is 1. The van der Waals surface area contributed by atoms with E-state index in [1.807, 2.05) is 32.3 Å². The Balaban J connectivity index is 0.000000246. The minimum Gasteiger partial charge on any atom is -0.397 e. The van der Waals surface area contributed by atoms with Crippen molar-refractivity contribution in [3.05, 3.63) is 84.7 Å². The molecule has 4 aliphatic rings. The predicted molar refractivity (Wildman–Crippen MR) is 290 cm³/mol. The molecule has 7 rings (SSSR count). The summed E-state index contributed by atoms with van der Waals surface area (Å²) in [5.41, 5.74) is 23.3. The van der Waals surface area contributed by atoms with Crippen molar-refractivity contribution in [2.24, 2.45) is 34.3 Å². The fourth-order valence-electron chi connectivity index (χ4n) is 8.15. The summed E-state index contributed by atoms with van der Waals surface area (Å²) in [5, 5.41) is 4.23. The Morgan fingerprint density at radius 1 is 0.623 bits per heavy atom. The lowest BCUT2D eigenvalue weighted by molar-refractivity contribution is -0.118. The molecule has 0 aromatic carbocycles. The number of anilines is 3. The lowest BCUT2D eigenvalue weighted by atomic mass is 10.1. The third-order valence-corrected chi connectivity index (χ3v) is 11.9. The largest absolute Gasteiger partial charge is 0.397 e. The summed E-state index contributed by atoms with van der Waals surface area (Å²) in [5.74, 6) is 5.30. The minimum atomic E-state index is -0.481. The SMILES string of the molecule is C=C(N)c1cnc(N)cn1.CC.CC(C)CN1CCN(C2=NNC(C(N)=O)C=C2)CC1.CC(C)CN1CCN(c2ccc(C(C)C)cn2)CC1.CC(C)CN1CCN(c2ccc(C(C)C)nc2)CC1. The number of nitrogen functional groups attached to an aromatic ring is 1. The maximum absolute atomic E-state index is 11.0. The van der Waals surface area contributed by atoms with Crippen LogP contribution < -0.4 is 32.4 Å². The first-order valence-electron chi connectivity index (χ1n) is 25.5. The number of piperazine rings is 3. The fourth-order valence-corrected chi connectivity index (χ4v) is 8.15. The number of nitrogens with two attached hydrogens (primary N) is 3. The second-order valence-corrected chi connectivity index (χ2v) is 19.9. The summed E-state index contributed by atoms with van der Waals surface area (Å²) < 4.78 is 0. The van der Waals surface area contributed by atoms with Gasteiger partial charge in [-0.25, -0.2) is 15.0 Å². The van der Waals surface area contributed by atoms with Crippen molar-refractivity contribution in [3.8, 4) is 0 Å². The van der Waals surface area contributed by atoms with Crippen LogP contribution in [0, 0.1) is 17.8 Å². The number of amides is 1. The number of nitrogens with zero attached hydrogens (tertiary/aromatic N) is 11. The van der Waals surface area contributed by atoms with E-state index < -0.39 is 11.9 Å². The maximum atomic E-state index is 11.0. The topological polar surface area (TPSA) is 191 Å². The molecule has 4 aliphatic heterocycles.